The molecular weight excluding hydrogens is 350 g/mol. The van der Waals surface area contributed by atoms with Crippen LogP contribution in [0.1, 0.15) is 16.8 Å². The summed E-state index contributed by atoms with van der Waals surface area (Å²) in [6.07, 6.45) is 0. The van der Waals surface area contributed by atoms with Gasteiger partial charge in [-0.2, -0.15) is 5.10 Å². The molecule has 3 aromatic rings. The van der Waals surface area contributed by atoms with Gasteiger partial charge in [0.2, 0.25) is 5.60 Å². The Hall–Kier alpha value is -3.72. The molecule has 1 aliphatic rings. The fourth-order valence-electron chi connectivity index (χ4n) is 3.40. The van der Waals surface area contributed by atoms with Crippen LogP contribution in [0.25, 0.3) is 5.69 Å². The highest BCUT2D eigenvalue weighted by Gasteiger charge is 2.51. The number of aromatic nitrogens is 2. The van der Waals surface area contributed by atoms with Crippen molar-refractivity contribution in [3.63, 3.8) is 0 Å². The molecule has 9 heteroatoms. The number of nitrogens with zero attached hydrogens (tertiary/aromatic N) is 3. The van der Waals surface area contributed by atoms with Gasteiger partial charge in [0.1, 0.15) is 5.82 Å². The van der Waals surface area contributed by atoms with Crippen LogP contribution >= 0.6 is 0 Å². The molecule has 27 heavy (non-hydrogen) atoms. The molecule has 0 aliphatic carbocycles. The van der Waals surface area contributed by atoms with Gasteiger partial charge in [-0.25, -0.2) is 4.68 Å². The molecule has 136 valence electrons. The number of fused-ring (bicyclic) bond motifs is 1. The summed E-state index contributed by atoms with van der Waals surface area (Å²) in [6.45, 7) is 1.62. The number of aliphatic hydroxyl groups is 1. The van der Waals surface area contributed by atoms with E-state index in [4.69, 9.17) is 5.73 Å². The number of non-ortho nitro benzene ring substituents is 1. The van der Waals surface area contributed by atoms with Crippen LogP contribution in [-0.4, -0.2) is 25.7 Å². The lowest BCUT2D eigenvalue weighted by atomic mass is 9.87. The average Bonchev–Trinajstić information content (AvgIpc) is 3.09. The minimum Gasteiger partial charge on any atom is -0.383 e. The Morgan fingerprint density at radius 3 is 2.63 bits per heavy atom. The van der Waals surface area contributed by atoms with Crippen molar-refractivity contribution in [1.82, 2.24) is 9.78 Å². The summed E-state index contributed by atoms with van der Waals surface area (Å²) >= 11 is 0. The number of rotatable bonds is 3. The smallest absolute Gasteiger partial charge is 0.269 e. The van der Waals surface area contributed by atoms with Gasteiger partial charge in [0.05, 0.1) is 21.9 Å². The van der Waals surface area contributed by atoms with Crippen molar-refractivity contribution in [3.8, 4) is 5.69 Å². The maximum Gasteiger partial charge on any atom is 0.269 e. The van der Waals surface area contributed by atoms with Crippen molar-refractivity contribution in [2.24, 2.45) is 0 Å². The number of nitro benzene ring substituents is 1. The molecule has 9 nitrogen and oxygen atoms in total. The van der Waals surface area contributed by atoms with Gasteiger partial charge in [-0.15, -0.1) is 0 Å². The Labute approximate surface area is 153 Å². The number of hydrogen-bond donors (Lipinski definition) is 3. The first-order valence-corrected chi connectivity index (χ1v) is 8.07. The zero-order valence-electron chi connectivity index (χ0n) is 14.2. The van der Waals surface area contributed by atoms with Crippen molar-refractivity contribution in [2.45, 2.75) is 12.5 Å². The number of hydrogen-bond acceptors (Lipinski definition) is 6. The van der Waals surface area contributed by atoms with Crippen molar-refractivity contribution in [3.05, 3.63) is 75.5 Å². The number of benzene rings is 2. The van der Waals surface area contributed by atoms with E-state index in [-0.39, 0.29) is 22.6 Å². The summed E-state index contributed by atoms with van der Waals surface area (Å²) in [5.74, 6) is -0.656. The van der Waals surface area contributed by atoms with Crippen molar-refractivity contribution < 1.29 is 14.8 Å². The van der Waals surface area contributed by atoms with Gasteiger partial charge < -0.3 is 16.2 Å². The van der Waals surface area contributed by atoms with Gasteiger partial charge in [-0.1, -0.05) is 18.2 Å². The molecule has 0 spiro atoms. The van der Waals surface area contributed by atoms with E-state index in [1.165, 1.54) is 22.9 Å². The number of aryl methyl sites for hydroxylation is 1. The summed E-state index contributed by atoms with van der Waals surface area (Å²) in [5, 5.41) is 29.4. The van der Waals surface area contributed by atoms with Crippen LogP contribution in [0.5, 0.6) is 0 Å². The summed E-state index contributed by atoms with van der Waals surface area (Å²) in [5.41, 5.74) is 5.29. The van der Waals surface area contributed by atoms with E-state index in [9.17, 15) is 20.0 Å². The highest BCUT2D eigenvalue weighted by Crippen LogP contribution is 2.45. The highest BCUT2D eigenvalue weighted by molar-refractivity contribution is 6.08. The maximum absolute atomic E-state index is 12.7. The average molecular weight is 365 g/mol. The van der Waals surface area contributed by atoms with Crippen molar-refractivity contribution in [2.75, 3.05) is 11.1 Å². The number of anilines is 2. The molecule has 1 atom stereocenters. The molecule has 4 rings (SSSR count). The lowest BCUT2D eigenvalue weighted by Crippen LogP contribution is -2.36. The maximum atomic E-state index is 12.7. The monoisotopic (exact) mass is 365 g/mol. The Morgan fingerprint density at radius 2 is 1.96 bits per heavy atom. The van der Waals surface area contributed by atoms with Gasteiger partial charge in [0.15, 0.2) is 0 Å². The van der Waals surface area contributed by atoms with E-state index < -0.39 is 16.4 Å². The first-order chi connectivity index (χ1) is 12.8. The standard InChI is InChI=1S/C18H15N5O4/c1-10-15(16(19)22(21-10)11-5-3-2-4-6-11)18(25)13-9-12(23(26)27)7-8-14(13)20-17(18)24/h2-9,25H,19H2,1H3,(H,20,24)/t18-/m0/s1. The van der Waals surface area contributed by atoms with Crippen LogP contribution in [0.2, 0.25) is 0 Å². The molecule has 0 radical (unpaired) electrons. The van der Waals surface area contributed by atoms with Gasteiger partial charge >= 0.3 is 0 Å². The molecule has 0 saturated heterocycles. The normalized spacial score (nSPS) is 18.2. The lowest BCUT2D eigenvalue weighted by molar-refractivity contribution is -0.385. The number of nitro groups is 1. The summed E-state index contributed by atoms with van der Waals surface area (Å²) in [7, 11) is 0. The third-order valence-electron chi connectivity index (χ3n) is 4.64. The van der Waals surface area contributed by atoms with E-state index in [0.717, 1.165) is 0 Å². The van der Waals surface area contributed by atoms with Crippen molar-refractivity contribution >= 4 is 23.1 Å². The van der Waals surface area contributed by atoms with Crippen molar-refractivity contribution in [1.29, 1.82) is 0 Å². The van der Waals surface area contributed by atoms with Crippen LogP contribution in [0.4, 0.5) is 17.2 Å². The predicted molar refractivity (Wildman–Crippen MR) is 97.4 cm³/mol. The fourth-order valence-corrected chi connectivity index (χ4v) is 3.40. The molecule has 0 saturated carbocycles. The Balaban J connectivity index is 1.95. The van der Waals surface area contributed by atoms with E-state index in [2.05, 4.69) is 10.4 Å². The number of nitrogens with one attached hydrogen (secondary N) is 1. The lowest BCUT2D eigenvalue weighted by Gasteiger charge is -2.21. The van der Waals surface area contributed by atoms with E-state index in [1.807, 2.05) is 6.07 Å². The Kier molecular flexibility index (Phi) is 3.50. The predicted octanol–water partition coefficient (Wildman–Crippen LogP) is 1.86. The van der Waals surface area contributed by atoms with Crippen LogP contribution < -0.4 is 11.1 Å². The van der Waals surface area contributed by atoms with E-state index in [0.29, 0.717) is 17.1 Å². The summed E-state index contributed by atoms with van der Waals surface area (Å²) in [4.78, 5) is 23.2. The fraction of sp³-hybridized carbons (Fsp3) is 0.111. The minimum absolute atomic E-state index is 0.0733. The van der Waals surface area contributed by atoms with Gasteiger partial charge in [-0.05, 0) is 25.1 Å². The molecule has 0 bridgehead atoms. The largest absolute Gasteiger partial charge is 0.383 e. The number of carbonyl (C=O) groups excluding carboxylic acids is 1. The molecule has 1 amide bonds. The summed E-state index contributed by atoms with van der Waals surface area (Å²) in [6, 6.07) is 12.8. The zero-order valence-corrected chi connectivity index (χ0v) is 14.2. The number of nitrogens with two attached hydrogens (primary N) is 1. The molecule has 1 aliphatic heterocycles. The second-order valence-corrected chi connectivity index (χ2v) is 6.24. The minimum atomic E-state index is -2.18. The van der Waals surface area contributed by atoms with Gasteiger partial charge in [-0.3, -0.25) is 14.9 Å². The zero-order chi connectivity index (χ0) is 19.3. The second kappa shape index (κ2) is 5.64. The third-order valence-corrected chi connectivity index (χ3v) is 4.64. The first-order valence-electron chi connectivity index (χ1n) is 8.07. The van der Waals surface area contributed by atoms with E-state index >= 15 is 0 Å². The van der Waals surface area contributed by atoms with Crippen LogP contribution in [0.15, 0.2) is 48.5 Å². The topological polar surface area (TPSA) is 136 Å². The molecule has 2 heterocycles. The molecule has 1 aromatic heterocycles. The SMILES string of the molecule is Cc1nn(-c2ccccc2)c(N)c1[C@]1(O)C(=O)Nc2ccc([N+](=O)[O-])cc21. The Morgan fingerprint density at radius 1 is 1.26 bits per heavy atom. The number of amides is 1. The van der Waals surface area contributed by atoms with E-state index in [1.54, 1.807) is 31.2 Å². The number of carbonyl (C=O) groups is 1. The third kappa shape index (κ3) is 2.29. The molecular formula is C18H15N5O4. The number of para-hydroxylation sites is 1. The molecule has 4 N–H and O–H groups in total. The highest BCUT2D eigenvalue weighted by atomic mass is 16.6. The quantitative estimate of drug-likeness (QED) is 0.479. The van der Waals surface area contributed by atoms with Gasteiger partial charge in [0, 0.05) is 23.4 Å². The van der Waals surface area contributed by atoms with Crippen LogP contribution in [-0.2, 0) is 10.4 Å². The van der Waals surface area contributed by atoms with Gasteiger partial charge in [0.25, 0.3) is 11.6 Å². The Bertz CT molecular complexity index is 1090. The number of nitrogen functional groups attached to an aromatic ring is 1. The first kappa shape index (κ1) is 16.7. The van der Waals surface area contributed by atoms with Crippen LogP contribution in [0, 0.1) is 17.0 Å². The molecule has 0 fully saturated rings. The molecule has 2 aromatic carbocycles. The molecule has 0 unspecified atom stereocenters. The second-order valence-electron chi connectivity index (χ2n) is 6.24. The summed E-state index contributed by atoms with van der Waals surface area (Å²) < 4.78 is 1.42. The van der Waals surface area contributed by atoms with Crippen LogP contribution in [0.3, 0.4) is 0 Å².